The molecule has 6 heteroatoms. The van der Waals surface area contributed by atoms with Crippen LogP contribution in [0.1, 0.15) is 48.8 Å². The molecule has 5 nitrogen and oxygen atoms in total. The topological polar surface area (TPSA) is 57.4 Å². The van der Waals surface area contributed by atoms with Gasteiger partial charge in [0.05, 0.1) is 13.2 Å². The van der Waals surface area contributed by atoms with Gasteiger partial charge in [-0.05, 0) is 73.6 Å². The summed E-state index contributed by atoms with van der Waals surface area (Å²) in [6, 6.07) is 6.59. The van der Waals surface area contributed by atoms with Crippen molar-refractivity contribution in [1.82, 2.24) is 15.2 Å². The molecule has 2 N–H and O–H groups in total. The molecular formula is C22H31N3O2S. The van der Waals surface area contributed by atoms with Crippen molar-refractivity contribution in [2.75, 3.05) is 20.3 Å². The van der Waals surface area contributed by atoms with Gasteiger partial charge in [0, 0.05) is 30.8 Å². The van der Waals surface area contributed by atoms with Gasteiger partial charge in [-0.15, -0.1) is 0 Å². The number of fused-ring (bicyclic) bond motifs is 1. The zero-order chi connectivity index (χ0) is 20.1. The minimum Gasteiger partial charge on any atom is -0.383 e. The number of methoxy groups -OCH3 is 1. The number of rotatable bonds is 6. The second-order valence-electron chi connectivity index (χ2n) is 7.79. The Bertz CT molecular complexity index is 887. The van der Waals surface area contributed by atoms with Crippen molar-refractivity contribution in [3.05, 3.63) is 45.2 Å². The van der Waals surface area contributed by atoms with E-state index in [0.717, 1.165) is 29.3 Å². The Morgan fingerprint density at radius 1 is 1.21 bits per heavy atom. The van der Waals surface area contributed by atoms with E-state index in [1.807, 2.05) is 12.1 Å². The van der Waals surface area contributed by atoms with Crippen LogP contribution in [0, 0.1) is 13.8 Å². The van der Waals surface area contributed by atoms with Crippen LogP contribution >= 0.6 is 12.2 Å². The third-order valence-corrected chi connectivity index (χ3v) is 6.11. The summed E-state index contributed by atoms with van der Waals surface area (Å²) in [7, 11) is 1.68. The second kappa shape index (κ2) is 9.52. The normalized spacial score (nSPS) is 15.0. The number of ether oxygens (including phenoxy) is 1. The predicted molar refractivity (Wildman–Crippen MR) is 119 cm³/mol. The van der Waals surface area contributed by atoms with E-state index in [4.69, 9.17) is 17.0 Å². The number of hydrogen-bond acceptors (Lipinski definition) is 3. The monoisotopic (exact) mass is 401 g/mol. The summed E-state index contributed by atoms with van der Waals surface area (Å²) in [5.41, 5.74) is 4.03. The molecular weight excluding hydrogens is 370 g/mol. The molecule has 1 aromatic heterocycles. The van der Waals surface area contributed by atoms with Crippen LogP contribution in [-0.2, 0) is 11.3 Å². The lowest BCUT2D eigenvalue weighted by atomic mass is 9.94. The van der Waals surface area contributed by atoms with Gasteiger partial charge in [-0.3, -0.25) is 4.79 Å². The van der Waals surface area contributed by atoms with Gasteiger partial charge < -0.3 is 19.9 Å². The lowest BCUT2D eigenvalue weighted by Gasteiger charge is -2.36. The van der Waals surface area contributed by atoms with Crippen LogP contribution in [0.5, 0.6) is 0 Å². The van der Waals surface area contributed by atoms with E-state index >= 15 is 0 Å². The Kier molecular flexibility index (Phi) is 7.08. The first-order valence-electron chi connectivity index (χ1n) is 10.2. The summed E-state index contributed by atoms with van der Waals surface area (Å²) >= 11 is 5.69. The zero-order valence-electron chi connectivity index (χ0n) is 17.1. The molecule has 0 saturated heterocycles. The number of H-pyrrole nitrogens is 1. The van der Waals surface area contributed by atoms with Gasteiger partial charge in [0.25, 0.3) is 5.56 Å². The average Bonchev–Trinajstić information content (AvgIpc) is 2.68. The van der Waals surface area contributed by atoms with Gasteiger partial charge in [-0.2, -0.15) is 0 Å². The van der Waals surface area contributed by atoms with Crippen LogP contribution in [0.15, 0.2) is 23.0 Å². The largest absolute Gasteiger partial charge is 0.383 e. The van der Waals surface area contributed by atoms with Crippen LogP contribution in [0.2, 0.25) is 0 Å². The van der Waals surface area contributed by atoms with Crippen molar-refractivity contribution in [2.24, 2.45) is 0 Å². The first-order chi connectivity index (χ1) is 13.5. The van der Waals surface area contributed by atoms with E-state index in [9.17, 15) is 4.79 Å². The summed E-state index contributed by atoms with van der Waals surface area (Å²) in [5, 5.41) is 5.08. The van der Waals surface area contributed by atoms with Gasteiger partial charge in [0.2, 0.25) is 0 Å². The van der Waals surface area contributed by atoms with Gasteiger partial charge in [0.15, 0.2) is 5.11 Å². The number of thiocarbonyl (C=S) groups is 1. The number of nitrogens with zero attached hydrogens (tertiary/aromatic N) is 1. The van der Waals surface area contributed by atoms with Crippen LogP contribution in [0.4, 0.5) is 0 Å². The quantitative estimate of drug-likeness (QED) is 0.570. The molecule has 28 heavy (non-hydrogen) atoms. The van der Waals surface area contributed by atoms with Crippen LogP contribution in [-0.4, -0.2) is 41.3 Å². The van der Waals surface area contributed by atoms with Crippen molar-refractivity contribution in [3.63, 3.8) is 0 Å². The van der Waals surface area contributed by atoms with E-state index in [2.05, 4.69) is 35.1 Å². The van der Waals surface area contributed by atoms with Crippen molar-refractivity contribution in [1.29, 1.82) is 0 Å². The van der Waals surface area contributed by atoms with Crippen molar-refractivity contribution >= 4 is 28.2 Å². The van der Waals surface area contributed by atoms with Crippen LogP contribution < -0.4 is 10.9 Å². The maximum atomic E-state index is 12.8. The lowest BCUT2D eigenvalue weighted by molar-refractivity contribution is 0.199. The SMILES string of the molecule is COCCNC(=S)N(Cc1cc2cc(C)c(C)cc2[nH]c1=O)C1CCCCC1. The second-order valence-corrected chi connectivity index (χ2v) is 8.18. The molecule has 1 aliphatic rings. The Hall–Kier alpha value is -1.92. The number of aromatic nitrogens is 1. The molecule has 0 atom stereocenters. The molecule has 0 spiro atoms. The number of aromatic amines is 1. The van der Waals surface area contributed by atoms with E-state index in [0.29, 0.717) is 30.9 Å². The first kappa shape index (κ1) is 20.8. The number of pyridine rings is 1. The molecule has 0 unspecified atom stereocenters. The minimum absolute atomic E-state index is 0.0312. The Morgan fingerprint density at radius 3 is 2.64 bits per heavy atom. The molecule has 1 saturated carbocycles. The fraction of sp³-hybridized carbons (Fsp3) is 0.545. The summed E-state index contributed by atoms with van der Waals surface area (Å²) in [6.07, 6.45) is 5.96. The predicted octanol–water partition coefficient (Wildman–Crippen LogP) is 3.80. The average molecular weight is 402 g/mol. The molecule has 1 aliphatic carbocycles. The summed E-state index contributed by atoms with van der Waals surface area (Å²) < 4.78 is 5.13. The molecule has 1 heterocycles. The van der Waals surface area contributed by atoms with Gasteiger partial charge in [-0.1, -0.05) is 19.3 Å². The van der Waals surface area contributed by atoms with E-state index in [1.165, 1.54) is 30.4 Å². The van der Waals surface area contributed by atoms with Crippen LogP contribution in [0.3, 0.4) is 0 Å². The first-order valence-corrected chi connectivity index (χ1v) is 10.6. The summed E-state index contributed by atoms with van der Waals surface area (Å²) in [5.74, 6) is 0. The molecule has 1 aromatic carbocycles. The highest BCUT2D eigenvalue weighted by molar-refractivity contribution is 7.80. The lowest BCUT2D eigenvalue weighted by Crippen LogP contribution is -2.47. The molecule has 0 radical (unpaired) electrons. The fourth-order valence-corrected chi connectivity index (χ4v) is 4.26. The van der Waals surface area contributed by atoms with Crippen molar-refractivity contribution in [3.8, 4) is 0 Å². The molecule has 1 fully saturated rings. The standard InChI is InChI=1S/C22H31N3O2S/c1-15-11-17-13-18(21(26)24-20(17)12-16(15)2)14-25(19-7-5-4-6-8-19)22(28)23-9-10-27-3/h11-13,19H,4-10,14H2,1-3H3,(H,23,28)(H,24,26). The highest BCUT2D eigenvalue weighted by Gasteiger charge is 2.24. The van der Waals surface area contributed by atoms with E-state index in [-0.39, 0.29) is 5.56 Å². The Balaban J connectivity index is 1.88. The number of aryl methyl sites for hydroxylation is 2. The molecule has 152 valence electrons. The van der Waals surface area contributed by atoms with Crippen molar-refractivity contribution < 1.29 is 4.74 Å². The number of benzene rings is 1. The minimum atomic E-state index is -0.0312. The molecule has 0 bridgehead atoms. The molecule has 0 amide bonds. The third-order valence-electron chi connectivity index (χ3n) is 5.73. The smallest absolute Gasteiger partial charge is 0.253 e. The van der Waals surface area contributed by atoms with E-state index in [1.54, 1.807) is 7.11 Å². The third kappa shape index (κ3) is 4.92. The molecule has 2 aromatic rings. The highest BCUT2D eigenvalue weighted by atomic mass is 32.1. The summed E-state index contributed by atoms with van der Waals surface area (Å²) in [4.78, 5) is 18.0. The molecule has 0 aliphatic heterocycles. The van der Waals surface area contributed by atoms with E-state index < -0.39 is 0 Å². The zero-order valence-corrected chi connectivity index (χ0v) is 18.0. The maximum absolute atomic E-state index is 12.8. The Morgan fingerprint density at radius 2 is 1.93 bits per heavy atom. The fourth-order valence-electron chi connectivity index (χ4n) is 3.94. The van der Waals surface area contributed by atoms with Gasteiger partial charge in [-0.25, -0.2) is 0 Å². The van der Waals surface area contributed by atoms with Gasteiger partial charge >= 0.3 is 0 Å². The maximum Gasteiger partial charge on any atom is 0.253 e. The number of nitrogens with one attached hydrogen (secondary N) is 2. The van der Waals surface area contributed by atoms with Crippen molar-refractivity contribution in [2.45, 2.75) is 58.5 Å². The van der Waals surface area contributed by atoms with Gasteiger partial charge in [0.1, 0.15) is 0 Å². The molecule has 3 rings (SSSR count). The summed E-state index contributed by atoms with van der Waals surface area (Å²) in [6.45, 7) is 5.97. The Labute approximate surface area is 172 Å². The highest BCUT2D eigenvalue weighted by Crippen LogP contribution is 2.25. The number of hydrogen-bond donors (Lipinski definition) is 2. The van der Waals surface area contributed by atoms with Crippen LogP contribution in [0.25, 0.3) is 10.9 Å².